The van der Waals surface area contributed by atoms with Crippen molar-refractivity contribution in [1.29, 1.82) is 0 Å². The molecule has 2 aliphatic rings. The van der Waals surface area contributed by atoms with Gasteiger partial charge in [0, 0.05) is 0 Å². The predicted molar refractivity (Wildman–Crippen MR) is 94.8 cm³/mol. The van der Waals surface area contributed by atoms with Crippen LogP contribution in [-0.4, -0.2) is 21.4 Å². The van der Waals surface area contributed by atoms with E-state index in [4.69, 9.17) is 0 Å². The third-order valence-electron chi connectivity index (χ3n) is 5.47. The number of hydrogen-bond donors (Lipinski definition) is 2. The average Bonchev–Trinajstić information content (AvgIpc) is 2.42. The number of aliphatic hydroxyl groups is 2. The Balaban J connectivity index is 0.000000220. The van der Waals surface area contributed by atoms with Crippen molar-refractivity contribution < 1.29 is 10.2 Å². The lowest BCUT2D eigenvalue weighted by atomic mass is 9.78. The predicted octanol–water partition coefficient (Wildman–Crippen LogP) is 5.01. The highest BCUT2D eigenvalue weighted by Crippen LogP contribution is 2.33. The van der Waals surface area contributed by atoms with Gasteiger partial charge in [0.1, 0.15) is 0 Å². The van der Waals surface area contributed by atoms with Crippen molar-refractivity contribution in [1.82, 2.24) is 0 Å². The van der Waals surface area contributed by atoms with Crippen LogP contribution in [0.15, 0.2) is 23.3 Å². The molecule has 2 N–H and O–H groups in total. The van der Waals surface area contributed by atoms with Crippen molar-refractivity contribution in [3.63, 3.8) is 0 Å². The van der Waals surface area contributed by atoms with Crippen molar-refractivity contribution in [2.45, 2.75) is 91.3 Å². The lowest BCUT2D eigenvalue weighted by Crippen LogP contribution is -2.36. The summed E-state index contributed by atoms with van der Waals surface area (Å²) in [5.74, 6) is 0.845. The van der Waals surface area contributed by atoms with Crippen LogP contribution in [0, 0.1) is 11.8 Å². The average molecular weight is 309 g/mol. The lowest BCUT2D eigenvalue weighted by Gasteiger charge is -2.34. The highest BCUT2D eigenvalue weighted by Gasteiger charge is 2.31. The molecule has 0 amide bonds. The van der Waals surface area contributed by atoms with Gasteiger partial charge in [-0.2, -0.15) is 0 Å². The number of allylic oxidation sites excluding steroid dienone is 3. The largest absolute Gasteiger partial charge is 0.390 e. The van der Waals surface area contributed by atoms with Crippen LogP contribution in [0.3, 0.4) is 0 Å². The Hall–Kier alpha value is -0.600. The monoisotopic (exact) mass is 308 g/mol. The molecule has 2 rings (SSSR count). The van der Waals surface area contributed by atoms with E-state index < -0.39 is 11.2 Å². The van der Waals surface area contributed by atoms with Crippen molar-refractivity contribution in [2.24, 2.45) is 11.8 Å². The Labute approximate surface area is 137 Å². The molecule has 2 atom stereocenters. The molecule has 0 aromatic carbocycles. The minimum Gasteiger partial charge on any atom is -0.390 e. The van der Waals surface area contributed by atoms with Crippen molar-refractivity contribution in [2.75, 3.05) is 0 Å². The molecule has 0 spiro atoms. The van der Waals surface area contributed by atoms with Crippen molar-refractivity contribution >= 4 is 0 Å². The Morgan fingerprint density at radius 1 is 1.14 bits per heavy atom. The highest BCUT2D eigenvalue weighted by atomic mass is 16.3. The first-order valence-electron chi connectivity index (χ1n) is 8.80. The molecular formula is C20H36O2. The Bertz CT molecular complexity index is 412. The summed E-state index contributed by atoms with van der Waals surface area (Å²) in [5.41, 5.74) is 2.00. The summed E-state index contributed by atoms with van der Waals surface area (Å²) in [6, 6.07) is 0. The van der Waals surface area contributed by atoms with Crippen LogP contribution < -0.4 is 0 Å². The molecule has 2 unspecified atom stereocenters. The van der Waals surface area contributed by atoms with Gasteiger partial charge in [-0.3, -0.25) is 0 Å². The molecule has 22 heavy (non-hydrogen) atoms. The van der Waals surface area contributed by atoms with Crippen molar-refractivity contribution in [3.8, 4) is 0 Å². The van der Waals surface area contributed by atoms with Gasteiger partial charge in [0.2, 0.25) is 0 Å². The third-order valence-corrected chi connectivity index (χ3v) is 5.47. The lowest BCUT2D eigenvalue weighted by molar-refractivity contribution is -0.0140. The standard InChI is InChI=1S/2C10H18O/c1-8-4-6-9(7-5-8)10(2,3)11;1-8(2)10(11)6-4-9(3)5-7-10/h4,9,11H,5-7H2,1-3H3;4,8,11H,5-7H2,1-3H3. The van der Waals surface area contributed by atoms with Gasteiger partial charge >= 0.3 is 0 Å². The second kappa shape index (κ2) is 7.79. The molecule has 0 heterocycles. The zero-order chi connectivity index (χ0) is 17.0. The van der Waals surface area contributed by atoms with Gasteiger partial charge in [0.15, 0.2) is 0 Å². The molecule has 0 aromatic rings. The fourth-order valence-electron chi connectivity index (χ4n) is 3.10. The van der Waals surface area contributed by atoms with Gasteiger partial charge in [-0.1, -0.05) is 37.1 Å². The summed E-state index contributed by atoms with van der Waals surface area (Å²) in [4.78, 5) is 0. The van der Waals surface area contributed by atoms with E-state index in [9.17, 15) is 10.2 Å². The van der Waals surface area contributed by atoms with Gasteiger partial charge < -0.3 is 10.2 Å². The van der Waals surface area contributed by atoms with Crippen LogP contribution in [0.5, 0.6) is 0 Å². The Morgan fingerprint density at radius 3 is 2.09 bits per heavy atom. The molecule has 2 heteroatoms. The van der Waals surface area contributed by atoms with E-state index in [0.29, 0.717) is 11.8 Å². The van der Waals surface area contributed by atoms with Gasteiger partial charge in [-0.15, -0.1) is 0 Å². The fourth-order valence-corrected chi connectivity index (χ4v) is 3.10. The molecular weight excluding hydrogens is 272 g/mol. The molecule has 0 saturated heterocycles. The molecule has 2 aliphatic carbocycles. The normalized spacial score (nSPS) is 29.4. The van der Waals surface area contributed by atoms with Gasteiger partial charge in [-0.05, 0) is 78.1 Å². The smallest absolute Gasteiger partial charge is 0.0707 e. The van der Waals surface area contributed by atoms with Crippen LogP contribution in [0.4, 0.5) is 0 Å². The molecule has 0 fully saturated rings. The first-order chi connectivity index (χ1) is 10.0. The van der Waals surface area contributed by atoms with Crippen LogP contribution in [-0.2, 0) is 0 Å². The Kier molecular flexibility index (Phi) is 6.88. The first-order valence-corrected chi connectivity index (χ1v) is 8.80. The fraction of sp³-hybridized carbons (Fsp3) is 0.800. The molecule has 0 aromatic heterocycles. The summed E-state index contributed by atoms with van der Waals surface area (Å²) < 4.78 is 0. The molecule has 128 valence electrons. The zero-order valence-corrected chi connectivity index (χ0v) is 15.4. The van der Waals surface area contributed by atoms with Gasteiger partial charge in [0.05, 0.1) is 11.2 Å². The summed E-state index contributed by atoms with van der Waals surface area (Å²) >= 11 is 0. The van der Waals surface area contributed by atoms with E-state index in [0.717, 1.165) is 38.5 Å². The maximum absolute atomic E-state index is 10.0. The second-order valence-electron chi connectivity index (χ2n) is 8.19. The van der Waals surface area contributed by atoms with E-state index in [1.54, 1.807) is 0 Å². The number of rotatable bonds is 2. The van der Waals surface area contributed by atoms with Crippen LogP contribution in [0.25, 0.3) is 0 Å². The molecule has 0 bridgehead atoms. The molecule has 0 saturated carbocycles. The minimum absolute atomic E-state index is 0.381. The summed E-state index contributed by atoms with van der Waals surface area (Å²) in [7, 11) is 0. The van der Waals surface area contributed by atoms with E-state index in [1.807, 2.05) is 13.8 Å². The highest BCUT2D eigenvalue weighted by molar-refractivity contribution is 5.08. The second-order valence-corrected chi connectivity index (χ2v) is 8.19. The van der Waals surface area contributed by atoms with E-state index in [1.165, 1.54) is 11.1 Å². The van der Waals surface area contributed by atoms with Crippen molar-refractivity contribution in [3.05, 3.63) is 23.3 Å². The minimum atomic E-state index is -0.489. The van der Waals surface area contributed by atoms with Crippen LogP contribution in [0.2, 0.25) is 0 Å². The SMILES string of the molecule is CC1=CCC(C(C)(C)O)CC1.CC1=CCC(O)(C(C)C)CC1. The topological polar surface area (TPSA) is 40.5 Å². The van der Waals surface area contributed by atoms with E-state index >= 15 is 0 Å². The number of hydrogen-bond acceptors (Lipinski definition) is 2. The summed E-state index contributed by atoms with van der Waals surface area (Å²) in [6.07, 6.45) is 10.6. The molecule has 0 aliphatic heterocycles. The van der Waals surface area contributed by atoms with Crippen LogP contribution >= 0.6 is 0 Å². The summed E-state index contributed by atoms with van der Waals surface area (Å²) in [6.45, 7) is 12.3. The van der Waals surface area contributed by atoms with E-state index in [-0.39, 0.29) is 0 Å². The third kappa shape index (κ3) is 5.89. The maximum atomic E-state index is 10.0. The van der Waals surface area contributed by atoms with Crippen LogP contribution in [0.1, 0.15) is 80.1 Å². The first kappa shape index (κ1) is 19.4. The maximum Gasteiger partial charge on any atom is 0.0707 e. The summed E-state index contributed by atoms with van der Waals surface area (Å²) in [5, 5.41) is 19.7. The van der Waals surface area contributed by atoms with Gasteiger partial charge in [0.25, 0.3) is 0 Å². The van der Waals surface area contributed by atoms with Gasteiger partial charge in [-0.25, -0.2) is 0 Å². The quantitative estimate of drug-likeness (QED) is 0.704. The Morgan fingerprint density at radius 2 is 1.73 bits per heavy atom. The van der Waals surface area contributed by atoms with E-state index in [2.05, 4.69) is 39.8 Å². The molecule has 0 radical (unpaired) electrons. The molecule has 2 nitrogen and oxygen atoms in total. The zero-order valence-electron chi connectivity index (χ0n) is 15.4.